The van der Waals surface area contributed by atoms with Crippen molar-refractivity contribution in [2.75, 3.05) is 6.61 Å². The molecule has 0 aliphatic carbocycles. The Kier molecular flexibility index (Phi) is 4.28. The molecule has 0 aromatic carbocycles. The van der Waals surface area contributed by atoms with Crippen molar-refractivity contribution in [3.8, 4) is 0 Å². The third-order valence-corrected chi connectivity index (χ3v) is 1.20. The highest BCUT2D eigenvalue weighted by atomic mass is 16.5. The Morgan fingerprint density at radius 3 is 2.10 bits per heavy atom. The van der Waals surface area contributed by atoms with Gasteiger partial charge < -0.3 is 4.74 Å². The second-order valence-corrected chi connectivity index (χ2v) is 2.98. The minimum Gasteiger partial charge on any atom is -0.371 e. The quantitative estimate of drug-likeness (QED) is 0.599. The number of Topliss-reactive ketones (excluding diaryl/α,β-unsaturated/α-hetero) is 1. The summed E-state index contributed by atoms with van der Waals surface area (Å²) in [5.74, 6) is 0.271. The summed E-state index contributed by atoms with van der Waals surface area (Å²) in [6, 6.07) is 0. The molecule has 0 atom stereocenters. The summed E-state index contributed by atoms with van der Waals surface area (Å²) in [7, 11) is 0. The maximum absolute atomic E-state index is 10.9. The number of rotatable bonds is 4. The van der Waals surface area contributed by atoms with E-state index in [2.05, 4.69) is 0 Å². The topological polar surface area (TPSA) is 26.3 Å². The molecule has 0 aliphatic rings. The van der Waals surface area contributed by atoms with Gasteiger partial charge in [0.15, 0.2) is 5.78 Å². The van der Waals surface area contributed by atoms with Gasteiger partial charge in [-0.2, -0.15) is 0 Å². The van der Waals surface area contributed by atoms with Crippen molar-refractivity contribution in [3.63, 3.8) is 0 Å². The fourth-order valence-electron chi connectivity index (χ4n) is 0.415. The van der Waals surface area contributed by atoms with Gasteiger partial charge in [-0.05, 0) is 13.8 Å². The number of carbonyl (C=O) groups is 1. The molecule has 0 bridgehead atoms. The van der Waals surface area contributed by atoms with E-state index in [1.54, 1.807) is 0 Å². The Morgan fingerprint density at radius 2 is 1.80 bits per heavy atom. The van der Waals surface area contributed by atoms with Crippen LogP contribution in [0, 0.1) is 5.92 Å². The average Bonchev–Trinajstić information content (AvgIpc) is 1.82. The van der Waals surface area contributed by atoms with E-state index in [9.17, 15) is 4.79 Å². The smallest absolute Gasteiger partial charge is 0.160 e. The predicted molar refractivity (Wildman–Crippen MR) is 40.9 cm³/mol. The van der Waals surface area contributed by atoms with Gasteiger partial charge in [-0.25, -0.2) is 0 Å². The van der Waals surface area contributed by atoms with E-state index in [0.717, 1.165) is 0 Å². The molecule has 10 heavy (non-hydrogen) atoms. The van der Waals surface area contributed by atoms with Crippen LogP contribution in [-0.4, -0.2) is 18.5 Å². The first-order chi connectivity index (χ1) is 4.54. The first-order valence-corrected chi connectivity index (χ1v) is 3.68. The van der Waals surface area contributed by atoms with Crippen molar-refractivity contribution >= 4 is 5.78 Å². The van der Waals surface area contributed by atoms with Gasteiger partial charge in [-0.3, -0.25) is 4.79 Å². The lowest BCUT2D eigenvalue weighted by atomic mass is 10.1. The lowest BCUT2D eigenvalue weighted by Gasteiger charge is -2.07. The lowest BCUT2D eigenvalue weighted by molar-refractivity contribution is -0.127. The second-order valence-electron chi connectivity index (χ2n) is 2.98. The van der Waals surface area contributed by atoms with Gasteiger partial charge in [0.1, 0.15) is 6.61 Å². The number of ketones is 1. The minimum absolute atomic E-state index is 0.0961. The predicted octanol–water partition coefficient (Wildman–Crippen LogP) is 1.64. The third kappa shape index (κ3) is 4.50. The minimum atomic E-state index is 0.0961. The highest BCUT2D eigenvalue weighted by molar-refractivity contribution is 5.81. The van der Waals surface area contributed by atoms with Crippen LogP contribution >= 0.6 is 0 Å². The van der Waals surface area contributed by atoms with E-state index in [1.165, 1.54) is 0 Å². The normalized spacial score (nSPS) is 11.0. The molecule has 0 N–H and O–H groups in total. The number of hydrogen-bond donors (Lipinski definition) is 0. The van der Waals surface area contributed by atoms with E-state index < -0.39 is 0 Å². The fraction of sp³-hybridized carbons (Fsp3) is 0.875. The van der Waals surface area contributed by atoms with E-state index in [-0.39, 0.29) is 24.4 Å². The molecule has 0 heterocycles. The molecule has 0 radical (unpaired) electrons. The van der Waals surface area contributed by atoms with Gasteiger partial charge in [0.25, 0.3) is 0 Å². The van der Waals surface area contributed by atoms with Gasteiger partial charge in [0.2, 0.25) is 0 Å². The first kappa shape index (κ1) is 9.63. The summed E-state index contributed by atoms with van der Waals surface area (Å²) >= 11 is 0. The van der Waals surface area contributed by atoms with Crippen LogP contribution in [0.1, 0.15) is 27.7 Å². The molecule has 0 unspecified atom stereocenters. The number of carbonyl (C=O) groups excluding carboxylic acids is 1. The molecular weight excluding hydrogens is 128 g/mol. The van der Waals surface area contributed by atoms with Crippen molar-refractivity contribution in [2.45, 2.75) is 33.8 Å². The molecule has 0 spiro atoms. The molecular formula is C8H16O2. The molecule has 0 aromatic rings. The highest BCUT2D eigenvalue weighted by Gasteiger charge is 2.07. The van der Waals surface area contributed by atoms with E-state index in [0.29, 0.717) is 0 Å². The van der Waals surface area contributed by atoms with Crippen LogP contribution in [0.15, 0.2) is 0 Å². The molecule has 0 amide bonds. The summed E-state index contributed by atoms with van der Waals surface area (Å²) in [5, 5.41) is 0. The Labute approximate surface area is 62.6 Å². The summed E-state index contributed by atoms with van der Waals surface area (Å²) in [6.45, 7) is 7.87. The Hall–Kier alpha value is -0.370. The number of hydrogen-bond acceptors (Lipinski definition) is 2. The van der Waals surface area contributed by atoms with Crippen molar-refractivity contribution in [2.24, 2.45) is 5.92 Å². The van der Waals surface area contributed by atoms with Gasteiger partial charge in [0.05, 0.1) is 6.10 Å². The summed E-state index contributed by atoms with van der Waals surface area (Å²) in [5.41, 5.74) is 0. The second kappa shape index (κ2) is 4.45. The largest absolute Gasteiger partial charge is 0.371 e. The van der Waals surface area contributed by atoms with Crippen LogP contribution < -0.4 is 0 Å². The molecule has 2 nitrogen and oxygen atoms in total. The van der Waals surface area contributed by atoms with Crippen LogP contribution in [0.25, 0.3) is 0 Å². The van der Waals surface area contributed by atoms with Crippen molar-refractivity contribution in [3.05, 3.63) is 0 Å². The molecule has 0 fully saturated rings. The monoisotopic (exact) mass is 144 g/mol. The van der Waals surface area contributed by atoms with Crippen molar-refractivity contribution < 1.29 is 9.53 Å². The lowest BCUT2D eigenvalue weighted by Crippen LogP contribution is -2.17. The zero-order chi connectivity index (χ0) is 8.15. The Balaban J connectivity index is 3.40. The SMILES string of the molecule is CC(C)OCC(=O)C(C)C. The standard InChI is InChI=1S/C8H16O2/c1-6(2)8(9)5-10-7(3)4/h6-7H,5H2,1-4H3. The van der Waals surface area contributed by atoms with E-state index in [4.69, 9.17) is 4.74 Å². The maximum Gasteiger partial charge on any atom is 0.160 e. The Morgan fingerprint density at radius 1 is 1.30 bits per heavy atom. The average molecular weight is 144 g/mol. The van der Waals surface area contributed by atoms with E-state index in [1.807, 2.05) is 27.7 Å². The van der Waals surface area contributed by atoms with Crippen LogP contribution in [0.2, 0.25) is 0 Å². The molecule has 2 heteroatoms. The van der Waals surface area contributed by atoms with Gasteiger partial charge in [-0.1, -0.05) is 13.8 Å². The van der Waals surface area contributed by atoms with Crippen molar-refractivity contribution in [1.29, 1.82) is 0 Å². The van der Waals surface area contributed by atoms with Crippen LogP contribution in [0.4, 0.5) is 0 Å². The summed E-state index contributed by atoms with van der Waals surface area (Å²) in [4.78, 5) is 10.9. The maximum atomic E-state index is 10.9. The molecule has 0 saturated heterocycles. The summed E-state index contributed by atoms with van der Waals surface area (Å²) in [6.07, 6.45) is 0.155. The van der Waals surface area contributed by atoms with Crippen molar-refractivity contribution in [1.82, 2.24) is 0 Å². The van der Waals surface area contributed by atoms with Gasteiger partial charge >= 0.3 is 0 Å². The zero-order valence-corrected chi connectivity index (χ0v) is 7.18. The fourth-order valence-corrected chi connectivity index (χ4v) is 0.415. The molecule has 60 valence electrons. The highest BCUT2D eigenvalue weighted by Crippen LogP contribution is 1.96. The van der Waals surface area contributed by atoms with E-state index >= 15 is 0 Å². The first-order valence-electron chi connectivity index (χ1n) is 3.68. The van der Waals surface area contributed by atoms with Gasteiger partial charge in [0, 0.05) is 5.92 Å². The number of ether oxygens (including phenoxy) is 1. The van der Waals surface area contributed by atoms with Crippen LogP contribution in [-0.2, 0) is 9.53 Å². The molecule has 0 aliphatic heterocycles. The summed E-state index contributed by atoms with van der Waals surface area (Å²) < 4.78 is 5.12. The van der Waals surface area contributed by atoms with Crippen LogP contribution in [0.3, 0.4) is 0 Å². The molecule has 0 aromatic heterocycles. The van der Waals surface area contributed by atoms with Crippen LogP contribution in [0.5, 0.6) is 0 Å². The van der Waals surface area contributed by atoms with Gasteiger partial charge in [-0.15, -0.1) is 0 Å². The molecule has 0 rings (SSSR count). The molecule has 0 saturated carbocycles. The third-order valence-electron chi connectivity index (χ3n) is 1.20. The Bertz CT molecular complexity index is 106. The zero-order valence-electron chi connectivity index (χ0n) is 7.18.